The van der Waals surface area contributed by atoms with Gasteiger partial charge in [0.2, 0.25) is 5.91 Å². The SMILES string of the molecule is CNCCCC(=O)Nc1cccc(CC(F)(F)F)c1.Cl. The molecule has 0 fully saturated rings. The molecular weight excluding hydrogens is 293 g/mol. The zero-order chi connectivity index (χ0) is 14.3. The highest BCUT2D eigenvalue weighted by atomic mass is 35.5. The second-order valence-electron chi connectivity index (χ2n) is 4.25. The lowest BCUT2D eigenvalue weighted by atomic mass is 10.1. The molecule has 0 aliphatic carbocycles. The lowest BCUT2D eigenvalue weighted by Gasteiger charge is -2.09. The number of alkyl halides is 3. The van der Waals surface area contributed by atoms with Crippen LogP contribution in [0.25, 0.3) is 0 Å². The second kappa shape index (κ2) is 8.81. The van der Waals surface area contributed by atoms with E-state index < -0.39 is 12.6 Å². The van der Waals surface area contributed by atoms with E-state index in [-0.39, 0.29) is 23.9 Å². The van der Waals surface area contributed by atoms with Crippen molar-refractivity contribution in [1.82, 2.24) is 5.32 Å². The molecule has 0 aliphatic heterocycles. The van der Waals surface area contributed by atoms with E-state index in [0.29, 0.717) is 18.5 Å². The molecule has 114 valence electrons. The van der Waals surface area contributed by atoms with Gasteiger partial charge in [-0.25, -0.2) is 0 Å². The summed E-state index contributed by atoms with van der Waals surface area (Å²) in [5.74, 6) is -0.195. The van der Waals surface area contributed by atoms with E-state index in [0.717, 1.165) is 6.54 Å². The van der Waals surface area contributed by atoms with E-state index in [9.17, 15) is 18.0 Å². The van der Waals surface area contributed by atoms with Gasteiger partial charge in [-0.3, -0.25) is 4.79 Å². The summed E-state index contributed by atoms with van der Waals surface area (Å²) in [5, 5.41) is 5.51. The number of carbonyl (C=O) groups excluding carboxylic acids is 1. The van der Waals surface area contributed by atoms with Crippen LogP contribution < -0.4 is 10.6 Å². The van der Waals surface area contributed by atoms with Gasteiger partial charge >= 0.3 is 6.18 Å². The first-order valence-corrected chi connectivity index (χ1v) is 6.01. The lowest BCUT2D eigenvalue weighted by Crippen LogP contribution is -2.16. The number of halogens is 4. The zero-order valence-corrected chi connectivity index (χ0v) is 11.9. The fourth-order valence-corrected chi connectivity index (χ4v) is 1.64. The Hall–Kier alpha value is -1.27. The first kappa shape index (κ1) is 18.7. The third kappa shape index (κ3) is 8.01. The third-order valence-corrected chi connectivity index (χ3v) is 2.45. The Bertz CT molecular complexity index is 424. The monoisotopic (exact) mass is 310 g/mol. The van der Waals surface area contributed by atoms with Crippen molar-refractivity contribution in [3.8, 4) is 0 Å². The predicted molar refractivity (Wildman–Crippen MR) is 75.2 cm³/mol. The Kier molecular flexibility index (Phi) is 8.25. The van der Waals surface area contributed by atoms with E-state index in [4.69, 9.17) is 0 Å². The lowest BCUT2D eigenvalue weighted by molar-refractivity contribution is -0.127. The van der Waals surface area contributed by atoms with Gasteiger partial charge in [0.05, 0.1) is 6.42 Å². The van der Waals surface area contributed by atoms with Gasteiger partial charge < -0.3 is 10.6 Å². The summed E-state index contributed by atoms with van der Waals surface area (Å²) in [5.41, 5.74) is 0.539. The number of amides is 1. The molecule has 1 amide bonds. The molecule has 20 heavy (non-hydrogen) atoms. The van der Waals surface area contributed by atoms with Crippen LogP contribution in [0.4, 0.5) is 18.9 Å². The number of nitrogens with one attached hydrogen (secondary N) is 2. The van der Waals surface area contributed by atoms with Crippen molar-refractivity contribution < 1.29 is 18.0 Å². The smallest absolute Gasteiger partial charge is 0.326 e. The van der Waals surface area contributed by atoms with Gasteiger partial charge in [-0.15, -0.1) is 12.4 Å². The number of benzene rings is 1. The van der Waals surface area contributed by atoms with Crippen molar-refractivity contribution in [2.24, 2.45) is 0 Å². The molecule has 0 aromatic heterocycles. The van der Waals surface area contributed by atoms with Crippen LogP contribution in [0.15, 0.2) is 24.3 Å². The highest BCUT2D eigenvalue weighted by molar-refractivity contribution is 5.90. The van der Waals surface area contributed by atoms with Crippen LogP contribution in [0.2, 0.25) is 0 Å². The van der Waals surface area contributed by atoms with Crippen molar-refractivity contribution in [3.63, 3.8) is 0 Å². The van der Waals surface area contributed by atoms with Crippen LogP contribution in [0.1, 0.15) is 18.4 Å². The van der Waals surface area contributed by atoms with E-state index in [1.807, 2.05) is 0 Å². The molecule has 7 heteroatoms. The fourth-order valence-electron chi connectivity index (χ4n) is 1.64. The standard InChI is InChI=1S/C13H17F3N2O.ClH/c1-17-7-3-6-12(19)18-11-5-2-4-10(8-11)9-13(14,15)16;/h2,4-5,8,17H,3,6-7,9H2,1H3,(H,18,19);1H. The van der Waals surface area contributed by atoms with Crippen molar-refractivity contribution in [2.75, 3.05) is 18.9 Å². The van der Waals surface area contributed by atoms with E-state index >= 15 is 0 Å². The minimum absolute atomic E-state index is 0. The summed E-state index contributed by atoms with van der Waals surface area (Å²) < 4.78 is 36.7. The van der Waals surface area contributed by atoms with Crippen LogP contribution in [0, 0.1) is 0 Å². The largest absolute Gasteiger partial charge is 0.393 e. The Labute approximate surface area is 122 Å². The Morgan fingerprint density at radius 3 is 2.60 bits per heavy atom. The highest BCUT2D eigenvalue weighted by Gasteiger charge is 2.27. The summed E-state index contributed by atoms with van der Waals surface area (Å²) in [6.07, 6.45) is -4.21. The van der Waals surface area contributed by atoms with Gasteiger partial charge in [0.15, 0.2) is 0 Å². The number of hydrogen-bond acceptors (Lipinski definition) is 2. The molecule has 2 N–H and O–H groups in total. The van der Waals surface area contributed by atoms with Gasteiger partial charge in [-0.05, 0) is 37.7 Å². The van der Waals surface area contributed by atoms with E-state index in [1.165, 1.54) is 18.2 Å². The Morgan fingerprint density at radius 1 is 1.30 bits per heavy atom. The molecule has 0 atom stereocenters. The third-order valence-electron chi connectivity index (χ3n) is 2.45. The van der Waals surface area contributed by atoms with Gasteiger partial charge in [-0.1, -0.05) is 12.1 Å². The van der Waals surface area contributed by atoms with Crippen molar-refractivity contribution in [2.45, 2.75) is 25.4 Å². The topological polar surface area (TPSA) is 41.1 Å². The maximum absolute atomic E-state index is 12.2. The molecule has 0 unspecified atom stereocenters. The maximum Gasteiger partial charge on any atom is 0.393 e. The second-order valence-corrected chi connectivity index (χ2v) is 4.25. The van der Waals surface area contributed by atoms with Gasteiger partial charge in [-0.2, -0.15) is 13.2 Å². The zero-order valence-electron chi connectivity index (χ0n) is 11.1. The molecule has 0 aliphatic rings. The van der Waals surface area contributed by atoms with Gasteiger partial charge in [0.1, 0.15) is 0 Å². The quantitative estimate of drug-likeness (QED) is 0.793. The first-order chi connectivity index (χ1) is 8.90. The number of carbonyl (C=O) groups is 1. The van der Waals surface area contributed by atoms with Crippen molar-refractivity contribution in [3.05, 3.63) is 29.8 Å². The van der Waals surface area contributed by atoms with E-state index in [1.54, 1.807) is 13.1 Å². The summed E-state index contributed by atoms with van der Waals surface area (Å²) in [6, 6.07) is 5.83. The fraction of sp³-hybridized carbons (Fsp3) is 0.462. The van der Waals surface area contributed by atoms with E-state index in [2.05, 4.69) is 10.6 Å². The molecule has 0 saturated carbocycles. The average Bonchev–Trinajstić information content (AvgIpc) is 2.27. The van der Waals surface area contributed by atoms with Crippen molar-refractivity contribution >= 4 is 24.0 Å². The highest BCUT2D eigenvalue weighted by Crippen LogP contribution is 2.22. The van der Waals surface area contributed by atoms with Crippen molar-refractivity contribution in [1.29, 1.82) is 0 Å². The van der Waals surface area contributed by atoms with Crippen LogP contribution in [0.3, 0.4) is 0 Å². The molecular formula is C13H18ClF3N2O. The minimum Gasteiger partial charge on any atom is -0.326 e. The number of anilines is 1. The molecule has 1 aromatic carbocycles. The molecule has 0 saturated heterocycles. The summed E-state index contributed by atoms with van der Waals surface area (Å²) in [6.45, 7) is 0.724. The normalized spacial score (nSPS) is 10.8. The Balaban J connectivity index is 0.00000361. The molecule has 0 bridgehead atoms. The average molecular weight is 311 g/mol. The number of hydrogen-bond donors (Lipinski definition) is 2. The summed E-state index contributed by atoms with van der Waals surface area (Å²) >= 11 is 0. The molecule has 0 radical (unpaired) electrons. The molecule has 1 rings (SSSR count). The molecule has 1 aromatic rings. The maximum atomic E-state index is 12.2. The minimum atomic E-state index is -4.24. The molecule has 0 heterocycles. The molecule has 3 nitrogen and oxygen atoms in total. The summed E-state index contributed by atoms with van der Waals surface area (Å²) in [4.78, 5) is 11.5. The van der Waals surface area contributed by atoms with Crippen LogP contribution in [-0.4, -0.2) is 25.7 Å². The summed E-state index contributed by atoms with van der Waals surface area (Å²) in [7, 11) is 1.79. The predicted octanol–water partition coefficient (Wildman–Crippen LogP) is 3.15. The van der Waals surface area contributed by atoms with Crippen LogP contribution in [-0.2, 0) is 11.2 Å². The van der Waals surface area contributed by atoms with Gasteiger partial charge in [0, 0.05) is 12.1 Å². The first-order valence-electron chi connectivity index (χ1n) is 6.01. The van der Waals surface area contributed by atoms with Gasteiger partial charge in [0.25, 0.3) is 0 Å². The van der Waals surface area contributed by atoms with Crippen LogP contribution >= 0.6 is 12.4 Å². The van der Waals surface area contributed by atoms with Crippen LogP contribution in [0.5, 0.6) is 0 Å². The molecule has 0 spiro atoms. The Morgan fingerprint density at radius 2 is 2.00 bits per heavy atom. The number of rotatable bonds is 6.